The van der Waals surface area contributed by atoms with Gasteiger partial charge in [-0.15, -0.1) is 0 Å². The topological polar surface area (TPSA) is 47.3 Å². The number of nitrogens with two attached hydrogens (primary N) is 1. The van der Waals surface area contributed by atoms with Gasteiger partial charge in [0.15, 0.2) is 0 Å². The van der Waals surface area contributed by atoms with Gasteiger partial charge in [0.2, 0.25) is 0 Å². The van der Waals surface area contributed by atoms with Crippen molar-refractivity contribution in [2.24, 2.45) is 5.41 Å². The number of nitrogens with one attached hydrogen (secondary N) is 1. The Kier molecular flexibility index (Phi) is 6.16. The third-order valence-electron chi connectivity index (χ3n) is 3.13. The summed E-state index contributed by atoms with van der Waals surface area (Å²) in [7, 11) is 1.75. The third-order valence-corrected chi connectivity index (χ3v) is 3.13. The molecule has 0 aliphatic heterocycles. The van der Waals surface area contributed by atoms with E-state index in [1.807, 2.05) is 18.2 Å². The van der Waals surface area contributed by atoms with Crippen molar-refractivity contribution in [2.45, 2.75) is 26.7 Å². The van der Waals surface area contributed by atoms with Gasteiger partial charge in [0.1, 0.15) is 0 Å². The first kappa shape index (κ1) is 15.0. The first-order chi connectivity index (χ1) is 8.53. The van der Waals surface area contributed by atoms with Crippen molar-refractivity contribution < 1.29 is 4.74 Å². The first-order valence-corrected chi connectivity index (χ1v) is 6.57. The second-order valence-electron chi connectivity index (χ2n) is 5.58. The molecular weight excluding hydrogens is 224 g/mol. The van der Waals surface area contributed by atoms with Crippen molar-refractivity contribution in [2.75, 3.05) is 32.5 Å². The van der Waals surface area contributed by atoms with E-state index in [-0.39, 0.29) is 5.41 Å². The highest BCUT2D eigenvalue weighted by Crippen LogP contribution is 2.18. The molecule has 0 saturated carbocycles. The quantitative estimate of drug-likeness (QED) is 0.550. The Morgan fingerprint density at radius 1 is 1.33 bits per heavy atom. The smallest absolute Gasteiger partial charge is 0.0467 e. The van der Waals surface area contributed by atoms with Crippen LogP contribution in [0.3, 0.4) is 0 Å². The molecule has 1 aromatic rings. The summed E-state index contributed by atoms with van der Waals surface area (Å²) in [6, 6.07) is 8.09. The number of nitrogen functional groups attached to an aromatic ring is 1. The number of benzene rings is 1. The molecule has 0 bridgehead atoms. The zero-order valence-corrected chi connectivity index (χ0v) is 11.8. The van der Waals surface area contributed by atoms with Crippen LogP contribution in [0, 0.1) is 5.41 Å². The summed E-state index contributed by atoms with van der Waals surface area (Å²) in [6.07, 6.45) is 2.10. The maximum Gasteiger partial charge on any atom is 0.0467 e. The molecule has 0 aliphatic rings. The Balaban J connectivity index is 2.22. The molecule has 0 amide bonds. The molecule has 102 valence electrons. The number of ether oxygens (including phenoxy) is 1. The van der Waals surface area contributed by atoms with Gasteiger partial charge in [0, 0.05) is 25.9 Å². The summed E-state index contributed by atoms with van der Waals surface area (Å²) < 4.78 is 5.12. The Morgan fingerprint density at radius 3 is 2.78 bits per heavy atom. The number of hydrogen-bond acceptors (Lipinski definition) is 3. The minimum Gasteiger partial charge on any atom is -0.399 e. The van der Waals surface area contributed by atoms with Gasteiger partial charge in [0.05, 0.1) is 0 Å². The molecule has 3 heteroatoms. The van der Waals surface area contributed by atoms with Crippen molar-refractivity contribution in [3.63, 3.8) is 0 Å². The molecule has 3 nitrogen and oxygen atoms in total. The molecule has 0 atom stereocenters. The highest BCUT2D eigenvalue weighted by Gasteiger charge is 2.16. The number of methoxy groups -OCH3 is 1. The van der Waals surface area contributed by atoms with Gasteiger partial charge in [0.25, 0.3) is 0 Å². The Morgan fingerprint density at radius 2 is 2.11 bits per heavy atom. The van der Waals surface area contributed by atoms with E-state index < -0.39 is 0 Å². The van der Waals surface area contributed by atoms with E-state index in [9.17, 15) is 0 Å². The van der Waals surface area contributed by atoms with Crippen LogP contribution in [0.5, 0.6) is 0 Å². The van der Waals surface area contributed by atoms with E-state index in [4.69, 9.17) is 10.5 Å². The zero-order valence-electron chi connectivity index (χ0n) is 11.8. The average molecular weight is 250 g/mol. The summed E-state index contributed by atoms with van der Waals surface area (Å²) in [6.45, 7) is 7.35. The largest absolute Gasteiger partial charge is 0.399 e. The van der Waals surface area contributed by atoms with Gasteiger partial charge >= 0.3 is 0 Å². The Labute approximate surface area is 111 Å². The van der Waals surface area contributed by atoms with E-state index in [0.29, 0.717) is 0 Å². The van der Waals surface area contributed by atoms with E-state index in [2.05, 4.69) is 25.2 Å². The molecular formula is C15H26N2O. The van der Waals surface area contributed by atoms with E-state index in [1.54, 1.807) is 7.11 Å². The molecule has 0 aromatic heterocycles. The van der Waals surface area contributed by atoms with Crippen LogP contribution in [0.15, 0.2) is 24.3 Å². The van der Waals surface area contributed by atoms with Crippen LogP contribution in [0.1, 0.15) is 25.8 Å². The lowest BCUT2D eigenvalue weighted by Crippen LogP contribution is -2.31. The van der Waals surface area contributed by atoms with Crippen molar-refractivity contribution >= 4 is 5.69 Å². The van der Waals surface area contributed by atoms with E-state index >= 15 is 0 Å². The van der Waals surface area contributed by atoms with Gasteiger partial charge in [-0.25, -0.2) is 0 Å². The van der Waals surface area contributed by atoms with E-state index in [1.165, 1.54) is 5.56 Å². The predicted molar refractivity (Wildman–Crippen MR) is 77.7 cm³/mol. The minimum absolute atomic E-state index is 0.283. The Bertz CT molecular complexity index is 350. The van der Waals surface area contributed by atoms with Crippen LogP contribution in [-0.4, -0.2) is 26.8 Å². The number of rotatable bonds is 8. The van der Waals surface area contributed by atoms with Crippen molar-refractivity contribution in [1.82, 2.24) is 5.32 Å². The van der Waals surface area contributed by atoms with Crippen LogP contribution in [0.2, 0.25) is 0 Å². The zero-order chi connectivity index (χ0) is 13.4. The SMILES string of the molecule is COCCC(C)(C)CNCCc1cccc(N)c1. The molecule has 1 rings (SSSR count). The number of anilines is 1. The van der Waals surface area contributed by atoms with Crippen LogP contribution < -0.4 is 11.1 Å². The normalized spacial score (nSPS) is 11.7. The molecule has 0 radical (unpaired) electrons. The van der Waals surface area contributed by atoms with Gasteiger partial charge < -0.3 is 15.8 Å². The van der Waals surface area contributed by atoms with Crippen molar-refractivity contribution in [3.8, 4) is 0 Å². The maximum atomic E-state index is 5.75. The summed E-state index contributed by atoms with van der Waals surface area (Å²) in [5.41, 5.74) is 8.17. The van der Waals surface area contributed by atoms with Crippen LogP contribution in [0.4, 0.5) is 5.69 Å². The van der Waals surface area contributed by atoms with Crippen LogP contribution >= 0.6 is 0 Å². The lowest BCUT2D eigenvalue weighted by Gasteiger charge is -2.24. The second kappa shape index (κ2) is 7.39. The lowest BCUT2D eigenvalue weighted by atomic mass is 9.89. The maximum absolute atomic E-state index is 5.75. The fourth-order valence-electron chi connectivity index (χ4n) is 1.87. The van der Waals surface area contributed by atoms with Crippen molar-refractivity contribution in [3.05, 3.63) is 29.8 Å². The van der Waals surface area contributed by atoms with Gasteiger partial charge in [-0.2, -0.15) is 0 Å². The fourth-order valence-corrected chi connectivity index (χ4v) is 1.87. The molecule has 0 unspecified atom stereocenters. The summed E-state index contributed by atoms with van der Waals surface area (Å²) in [5, 5.41) is 3.51. The molecule has 18 heavy (non-hydrogen) atoms. The van der Waals surface area contributed by atoms with E-state index in [0.717, 1.165) is 38.2 Å². The Hall–Kier alpha value is -1.06. The fraction of sp³-hybridized carbons (Fsp3) is 0.600. The van der Waals surface area contributed by atoms with Crippen LogP contribution in [0.25, 0.3) is 0 Å². The highest BCUT2D eigenvalue weighted by molar-refractivity contribution is 5.40. The molecule has 1 aromatic carbocycles. The van der Waals surface area contributed by atoms with Crippen molar-refractivity contribution in [1.29, 1.82) is 0 Å². The highest BCUT2D eigenvalue weighted by atomic mass is 16.5. The van der Waals surface area contributed by atoms with Crippen LogP contribution in [-0.2, 0) is 11.2 Å². The predicted octanol–water partition coefficient (Wildman–Crippen LogP) is 2.46. The summed E-state index contributed by atoms with van der Waals surface area (Å²) in [5.74, 6) is 0. The van der Waals surface area contributed by atoms with Gasteiger partial charge in [-0.1, -0.05) is 26.0 Å². The second-order valence-corrected chi connectivity index (χ2v) is 5.58. The molecule has 0 saturated heterocycles. The number of hydrogen-bond donors (Lipinski definition) is 2. The monoisotopic (exact) mass is 250 g/mol. The van der Waals surface area contributed by atoms with Gasteiger partial charge in [-0.3, -0.25) is 0 Å². The average Bonchev–Trinajstić information content (AvgIpc) is 2.32. The third kappa shape index (κ3) is 6.03. The molecule has 0 fully saturated rings. The molecule has 3 N–H and O–H groups in total. The molecule has 0 spiro atoms. The summed E-state index contributed by atoms with van der Waals surface area (Å²) in [4.78, 5) is 0. The molecule has 0 heterocycles. The minimum atomic E-state index is 0.283. The van der Waals surface area contributed by atoms with Gasteiger partial charge in [-0.05, 0) is 42.5 Å². The lowest BCUT2D eigenvalue weighted by molar-refractivity contribution is 0.151. The first-order valence-electron chi connectivity index (χ1n) is 6.57. The summed E-state index contributed by atoms with van der Waals surface area (Å²) >= 11 is 0. The molecule has 0 aliphatic carbocycles. The standard InChI is InChI=1S/C15H26N2O/c1-15(2,8-10-18-3)12-17-9-7-13-5-4-6-14(16)11-13/h4-6,11,17H,7-10,12,16H2,1-3H3.